The lowest BCUT2D eigenvalue weighted by molar-refractivity contribution is -0.133. The van der Waals surface area contributed by atoms with Crippen molar-refractivity contribution in [1.82, 2.24) is 14.9 Å². The van der Waals surface area contributed by atoms with E-state index in [0.717, 1.165) is 15.4 Å². The standard InChI is InChI=1S/C14H15BrN4O/c1-18(2)13(20)10-7-19(8-10)14-16-6-9-5-11(15)3-4-12(9)17-14/h3-6,10H,7-8H2,1-2H3. The van der Waals surface area contributed by atoms with Gasteiger partial charge in [0.25, 0.3) is 0 Å². The van der Waals surface area contributed by atoms with E-state index in [1.165, 1.54) is 0 Å². The van der Waals surface area contributed by atoms with Crippen LogP contribution in [0.5, 0.6) is 0 Å². The lowest BCUT2D eigenvalue weighted by Crippen LogP contribution is -2.54. The van der Waals surface area contributed by atoms with Crippen molar-refractivity contribution < 1.29 is 4.79 Å². The summed E-state index contributed by atoms with van der Waals surface area (Å²) < 4.78 is 1.02. The molecule has 2 aromatic rings. The highest BCUT2D eigenvalue weighted by molar-refractivity contribution is 9.10. The van der Waals surface area contributed by atoms with Crippen molar-refractivity contribution in [2.45, 2.75) is 0 Å². The van der Waals surface area contributed by atoms with Crippen LogP contribution in [0.4, 0.5) is 5.95 Å². The van der Waals surface area contributed by atoms with Crippen molar-refractivity contribution in [3.8, 4) is 0 Å². The van der Waals surface area contributed by atoms with Gasteiger partial charge in [0.15, 0.2) is 0 Å². The fourth-order valence-corrected chi connectivity index (χ4v) is 2.69. The summed E-state index contributed by atoms with van der Waals surface area (Å²) in [5.74, 6) is 0.933. The molecular formula is C14H15BrN4O. The van der Waals surface area contributed by atoms with Gasteiger partial charge in [-0.1, -0.05) is 15.9 Å². The Kier molecular flexibility index (Phi) is 3.33. The minimum Gasteiger partial charge on any atom is -0.348 e. The van der Waals surface area contributed by atoms with Gasteiger partial charge in [-0.3, -0.25) is 4.79 Å². The molecule has 2 heterocycles. The molecule has 1 aromatic heterocycles. The Hall–Kier alpha value is -1.69. The SMILES string of the molecule is CN(C)C(=O)C1CN(c2ncc3cc(Br)ccc3n2)C1. The van der Waals surface area contributed by atoms with Gasteiger partial charge in [-0.2, -0.15) is 0 Å². The van der Waals surface area contributed by atoms with Gasteiger partial charge < -0.3 is 9.80 Å². The van der Waals surface area contributed by atoms with Crippen molar-refractivity contribution in [2.24, 2.45) is 5.92 Å². The topological polar surface area (TPSA) is 49.3 Å². The van der Waals surface area contributed by atoms with Crippen molar-refractivity contribution in [2.75, 3.05) is 32.1 Å². The summed E-state index contributed by atoms with van der Waals surface area (Å²) in [6.07, 6.45) is 1.82. The number of anilines is 1. The van der Waals surface area contributed by atoms with Crippen LogP contribution in [-0.4, -0.2) is 48.0 Å². The van der Waals surface area contributed by atoms with Crippen LogP contribution >= 0.6 is 15.9 Å². The van der Waals surface area contributed by atoms with Crippen LogP contribution in [0.3, 0.4) is 0 Å². The number of hydrogen-bond acceptors (Lipinski definition) is 4. The largest absolute Gasteiger partial charge is 0.348 e. The quantitative estimate of drug-likeness (QED) is 0.841. The molecule has 1 aliphatic rings. The maximum absolute atomic E-state index is 11.8. The molecule has 5 nitrogen and oxygen atoms in total. The summed E-state index contributed by atoms with van der Waals surface area (Å²) >= 11 is 3.43. The molecule has 1 fully saturated rings. The van der Waals surface area contributed by atoms with Gasteiger partial charge in [-0.05, 0) is 18.2 Å². The van der Waals surface area contributed by atoms with E-state index >= 15 is 0 Å². The van der Waals surface area contributed by atoms with E-state index in [0.29, 0.717) is 19.0 Å². The molecule has 0 radical (unpaired) electrons. The number of fused-ring (bicyclic) bond motifs is 1. The smallest absolute Gasteiger partial charge is 0.228 e. The third kappa shape index (κ3) is 2.35. The molecule has 1 aromatic carbocycles. The number of benzene rings is 1. The lowest BCUT2D eigenvalue weighted by Gasteiger charge is -2.39. The van der Waals surface area contributed by atoms with Gasteiger partial charge in [0, 0.05) is 43.2 Å². The van der Waals surface area contributed by atoms with Crippen molar-refractivity contribution in [1.29, 1.82) is 0 Å². The first kappa shape index (κ1) is 13.3. The third-order valence-corrected chi connectivity index (χ3v) is 3.98. The van der Waals surface area contributed by atoms with E-state index in [4.69, 9.17) is 0 Å². The van der Waals surface area contributed by atoms with E-state index < -0.39 is 0 Å². The Labute approximate surface area is 125 Å². The number of nitrogens with zero attached hydrogens (tertiary/aromatic N) is 4. The minimum atomic E-state index is 0.0641. The van der Waals surface area contributed by atoms with E-state index in [2.05, 4.69) is 25.9 Å². The van der Waals surface area contributed by atoms with Gasteiger partial charge in [0.1, 0.15) is 0 Å². The number of halogens is 1. The van der Waals surface area contributed by atoms with E-state index in [1.807, 2.05) is 29.3 Å². The second-order valence-corrected chi connectivity index (χ2v) is 6.12. The number of amides is 1. The molecule has 1 aliphatic heterocycles. The molecule has 0 bridgehead atoms. The molecule has 1 amide bonds. The molecule has 0 atom stereocenters. The Bertz CT molecular complexity index is 667. The molecule has 0 spiro atoms. The van der Waals surface area contributed by atoms with Gasteiger partial charge in [-0.25, -0.2) is 9.97 Å². The first-order chi connectivity index (χ1) is 9.54. The zero-order chi connectivity index (χ0) is 14.3. The minimum absolute atomic E-state index is 0.0641. The molecule has 1 saturated heterocycles. The summed E-state index contributed by atoms with van der Waals surface area (Å²) in [6, 6.07) is 5.92. The fourth-order valence-electron chi connectivity index (χ4n) is 2.31. The van der Waals surface area contributed by atoms with Gasteiger partial charge in [0.2, 0.25) is 11.9 Å². The Morgan fingerprint density at radius 1 is 1.40 bits per heavy atom. The van der Waals surface area contributed by atoms with Crippen LogP contribution in [0.15, 0.2) is 28.9 Å². The second-order valence-electron chi connectivity index (χ2n) is 5.21. The number of carbonyl (C=O) groups excluding carboxylic acids is 1. The first-order valence-electron chi connectivity index (χ1n) is 6.43. The van der Waals surface area contributed by atoms with E-state index in [9.17, 15) is 4.79 Å². The van der Waals surface area contributed by atoms with Crippen LogP contribution in [0.1, 0.15) is 0 Å². The molecule has 20 heavy (non-hydrogen) atoms. The Morgan fingerprint density at radius 2 is 2.15 bits per heavy atom. The monoisotopic (exact) mass is 334 g/mol. The molecule has 0 saturated carbocycles. The average Bonchev–Trinajstić information content (AvgIpc) is 2.36. The van der Waals surface area contributed by atoms with E-state index in [-0.39, 0.29) is 11.8 Å². The summed E-state index contributed by atoms with van der Waals surface area (Å²) in [4.78, 5) is 24.4. The molecule has 0 aliphatic carbocycles. The van der Waals surface area contributed by atoms with Crippen LogP contribution in [-0.2, 0) is 4.79 Å². The zero-order valence-electron chi connectivity index (χ0n) is 11.4. The predicted molar refractivity (Wildman–Crippen MR) is 81.6 cm³/mol. The van der Waals surface area contributed by atoms with Gasteiger partial charge in [0.05, 0.1) is 11.4 Å². The molecule has 0 unspecified atom stereocenters. The van der Waals surface area contributed by atoms with E-state index in [1.54, 1.807) is 19.0 Å². The number of aromatic nitrogens is 2. The third-order valence-electron chi connectivity index (χ3n) is 3.48. The van der Waals surface area contributed by atoms with Crippen LogP contribution in [0, 0.1) is 5.92 Å². The number of carbonyl (C=O) groups is 1. The summed E-state index contributed by atoms with van der Waals surface area (Å²) in [5.41, 5.74) is 0.917. The van der Waals surface area contributed by atoms with Crippen LogP contribution in [0.25, 0.3) is 10.9 Å². The maximum atomic E-state index is 11.8. The molecule has 3 rings (SSSR count). The maximum Gasteiger partial charge on any atom is 0.228 e. The van der Waals surface area contributed by atoms with Crippen LogP contribution < -0.4 is 4.90 Å². The zero-order valence-corrected chi connectivity index (χ0v) is 13.0. The van der Waals surface area contributed by atoms with Crippen molar-refractivity contribution in [3.05, 3.63) is 28.9 Å². The summed E-state index contributed by atoms with van der Waals surface area (Å²) in [7, 11) is 3.57. The predicted octanol–water partition coefficient (Wildman–Crippen LogP) is 1.92. The Morgan fingerprint density at radius 3 is 2.85 bits per heavy atom. The van der Waals surface area contributed by atoms with Crippen molar-refractivity contribution in [3.63, 3.8) is 0 Å². The molecule has 6 heteroatoms. The highest BCUT2D eigenvalue weighted by atomic mass is 79.9. The fraction of sp³-hybridized carbons (Fsp3) is 0.357. The second kappa shape index (κ2) is 5.01. The summed E-state index contributed by atoms with van der Waals surface area (Å²) in [5, 5.41) is 1.00. The molecule has 0 N–H and O–H groups in total. The van der Waals surface area contributed by atoms with Gasteiger partial charge >= 0.3 is 0 Å². The molecule has 104 valence electrons. The Balaban J connectivity index is 1.77. The molecular weight excluding hydrogens is 320 g/mol. The van der Waals surface area contributed by atoms with Crippen molar-refractivity contribution >= 4 is 38.7 Å². The average molecular weight is 335 g/mol. The number of hydrogen-bond donors (Lipinski definition) is 0. The normalized spacial score (nSPS) is 15.2. The highest BCUT2D eigenvalue weighted by Gasteiger charge is 2.35. The van der Waals surface area contributed by atoms with Crippen LogP contribution in [0.2, 0.25) is 0 Å². The lowest BCUT2D eigenvalue weighted by atomic mass is 9.99. The first-order valence-corrected chi connectivity index (χ1v) is 7.22. The van der Waals surface area contributed by atoms with Gasteiger partial charge in [-0.15, -0.1) is 0 Å². The summed E-state index contributed by atoms with van der Waals surface area (Å²) in [6.45, 7) is 1.39. The highest BCUT2D eigenvalue weighted by Crippen LogP contribution is 2.25. The number of rotatable bonds is 2.